The van der Waals surface area contributed by atoms with Crippen molar-refractivity contribution in [1.29, 1.82) is 0 Å². The van der Waals surface area contributed by atoms with Gasteiger partial charge in [0.1, 0.15) is 0 Å². The molecule has 0 fully saturated rings. The van der Waals surface area contributed by atoms with Crippen LogP contribution in [0.3, 0.4) is 0 Å². The van der Waals surface area contributed by atoms with E-state index in [2.05, 4.69) is 52.5 Å². The molecule has 2 heterocycles. The summed E-state index contributed by atoms with van der Waals surface area (Å²) < 4.78 is 2.04. The lowest BCUT2D eigenvalue weighted by Crippen LogP contribution is -2.11. The topological polar surface area (TPSA) is 33.4 Å². The highest BCUT2D eigenvalue weighted by Crippen LogP contribution is 2.30. The summed E-state index contributed by atoms with van der Waals surface area (Å²) in [5, 5.41) is 6.45. The Kier molecular flexibility index (Phi) is 3.20. The maximum atomic E-state index is 4.41. The van der Waals surface area contributed by atoms with Crippen LogP contribution >= 0.6 is 0 Å². The Labute approximate surface area is 129 Å². The lowest BCUT2D eigenvalue weighted by molar-refractivity contribution is 0.922. The van der Waals surface area contributed by atoms with Crippen molar-refractivity contribution in [2.75, 3.05) is 11.6 Å². The molecule has 3 aromatic rings. The summed E-state index contributed by atoms with van der Waals surface area (Å²) in [5.74, 6) is 0. The fraction of sp³-hybridized carbons (Fsp3) is 0.111. The van der Waals surface area contributed by atoms with Crippen molar-refractivity contribution < 1.29 is 0 Å². The molecule has 22 heavy (non-hydrogen) atoms. The van der Waals surface area contributed by atoms with Crippen molar-refractivity contribution in [1.82, 2.24) is 9.55 Å². The van der Waals surface area contributed by atoms with Gasteiger partial charge in [0, 0.05) is 37.1 Å². The first-order chi connectivity index (χ1) is 10.9. The number of benzene rings is 2. The molecule has 1 aromatic heterocycles. The van der Waals surface area contributed by atoms with Gasteiger partial charge in [0.2, 0.25) is 0 Å². The van der Waals surface area contributed by atoms with Crippen molar-refractivity contribution in [3.63, 3.8) is 0 Å². The van der Waals surface area contributed by atoms with Gasteiger partial charge in [-0.2, -0.15) is 5.10 Å². The van der Waals surface area contributed by atoms with E-state index < -0.39 is 0 Å². The van der Waals surface area contributed by atoms with Gasteiger partial charge in [0.05, 0.1) is 17.7 Å². The third kappa shape index (κ3) is 2.29. The number of rotatable bonds is 3. The zero-order valence-corrected chi connectivity index (χ0v) is 12.1. The third-order valence-corrected chi connectivity index (χ3v) is 3.83. The molecule has 0 atom stereocenters. The summed E-state index contributed by atoms with van der Waals surface area (Å²) in [4.78, 5) is 4.15. The normalized spacial score (nSPS) is 13.7. The van der Waals surface area contributed by atoms with E-state index in [1.165, 1.54) is 11.1 Å². The van der Waals surface area contributed by atoms with E-state index in [0.717, 1.165) is 24.3 Å². The SMILES string of the molecule is C1=NN(c2cccc(-c3ccccc3-n3ccnc3)c2)CC1. The Morgan fingerprint density at radius 3 is 2.77 bits per heavy atom. The lowest BCUT2D eigenvalue weighted by Gasteiger charge is -2.16. The quantitative estimate of drug-likeness (QED) is 0.735. The molecule has 4 nitrogen and oxygen atoms in total. The minimum Gasteiger partial charge on any atom is -0.306 e. The summed E-state index contributed by atoms with van der Waals surface area (Å²) in [6.45, 7) is 0.951. The molecule has 108 valence electrons. The largest absolute Gasteiger partial charge is 0.306 e. The Hall–Kier alpha value is -2.88. The molecule has 0 saturated carbocycles. The van der Waals surface area contributed by atoms with E-state index in [-0.39, 0.29) is 0 Å². The van der Waals surface area contributed by atoms with Gasteiger partial charge in [-0.05, 0) is 23.8 Å². The molecular weight excluding hydrogens is 272 g/mol. The van der Waals surface area contributed by atoms with Crippen LogP contribution in [0, 0.1) is 0 Å². The fourth-order valence-electron chi connectivity index (χ4n) is 2.77. The van der Waals surface area contributed by atoms with Crippen molar-refractivity contribution in [3.8, 4) is 16.8 Å². The second-order valence-electron chi connectivity index (χ2n) is 5.25. The summed E-state index contributed by atoms with van der Waals surface area (Å²) in [6.07, 6.45) is 8.56. The maximum Gasteiger partial charge on any atom is 0.0991 e. The van der Waals surface area contributed by atoms with Crippen molar-refractivity contribution in [2.24, 2.45) is 5.10 Å². The predicted octanol–water partition coefficient (Wildman–Crippen LogP) is 3.74. The third-order valence-electron chi connectivity index (χ3n) is 3.83. The highest BCUT2D eigenvalue weighted by molar-refractivity contribution is 5.76. The van der Waals surface area contributed by atoms with Gasteiger partial charge in [0.25, 0.3) is 0 Å². The first-order valence-electron chi connectivity index (χ1n) is 7.39. The number of imidazole rings is 1. The standard InChI is InChI=1S/C18H16N4/c1-2-8-18(21-12-10-19-14-21)17(7-1)15-5-3-6-16(13-15)22-11-4-9-20-22/h1-3,5-10,12-14H,4,11H2. The Balaban J connectivity index is 1.79. The van der Waals surface area contributed by atoms with Crippen LogP contribution in [-0.4, -0.2) is 22.3 Å². The van der Waals surface area contributed by atoms with Crippen LogP contribution in [0.25, 0.3) is 16.8 Å². The highest BCUT2D eigenvalue weighted by atomic mass is 15.5. The Morgan fingerprint density at radius 2 is 1.95 bits per heavy atom. The lowest BCUT2D eigenvalue weighted by atomic mass is 10.0. The minimum atomic E-state index is 0.951. The average molecular weight is 288 g/mol. The molecule has 4 rings (SSSR count). The van der Waals surface area contributed by atoms with Gasteiger partial charge in [-0.1, -0.05) is 30.3 Å². The molecule has 0 amide bonds. The molecule has 4 heteroatoms. The number of hydrazone groups is 1. The van der Waals surface area contributed by atoms with Crippen LogP contribution < -0.4 is 5.01 Å². The molecular formula is C18H16N4. The molecule has 2 aromatic carbocycles. The molecule has 0 bridgehead atoms. The summed E-state index contributed by atoms with van der Waals surface area (Å²) >= 11 is 0. The minimum absolute atomic E-state index is 0.951. The fourth-order valence-corrected chi connectivity index (χ4v) is 2.77. The molecule has 0 spiro atoms. The molecule has 0 saturated heterocycles. The molecule has 0 N–H and O–H groups in total. The van der Waals surface area contributed by atoms with Gasteiger partial charge < -0.3 is 4.57 Å². The van der Waals surface area contributed by atoms with Gasteiger partial charge in [-0.15, -0.1) is 0 Å². The summed E-state index contributed by atoms with van der Waals surface area (Å²) in [5.41, 5.74) is 4.63. The monoisotopic (exact) mass is 288 g/mol. The van der Waals surface area contributed by atoms with Crippen LogP contribution in [0.15, 0.2) is 72.4 Å². The first kappa shape index (κ1) is 12.8. The summed E-state index contributed by atoms with van der Waals surface area (Å²) in [6, 6.07) is 16.9. The Bertz CT molecular complexity index is 805. The summed E-state index contributed by atoms with van der Waals surface area (Å²) in [7, 11) is 0. The predicted molar refractivity (Wildman–Crippen MR) is 89.5 cm³/mol. The van der Waals surface area contributed by atoms with Gasteiger partial charge in [-0.3, -0.25) is 5.01 Å². The van der Waals surface area contributed by atoms with Gasteiger partial charge in [0.15, 0.2) is 0 Å². The van der Waals surface area contributed by atoms with Crippen molar-refractivity contribution in [3.05, 3.63) is 67.3 Å². The number of hydrogen-bond acceptors (Lipinski definition) is 3. The number of anilines is 1. The van der Waals surface area contributed by atoms with Gasteiger partial charge in [-0.25, -0.2) is 4.98 Å². The zero-order valence-electron chi connectivity index (χ0n) is 12.1. The average Bonchev–Trinajstić information content (AvgIpc) is 3.28. The number of para-hydroxylation sites is 1. The van der Waals surface area contributed by atoms with E-state index in [1.807, 2.05) is 34.4 Å². The van der Waals surface area contributed by atoms with Crippen LogP contribution in [0.2, 0.25) is 0 Å². The second-order valence-corrected chi connectivity index (χ2v) is 5.25. The number of aromatic nitrogens is 2. The van der Waals surface area contributed by atoms with Crippen LogP contribution in [-0.2, 0) is 0 Å². The zero-order chi connectivity index (χ0) is 14.8. The van der Waals surface area contributed by atoms with Crippen molar-refractivity contribution in [2.45, 2.75) is 6.42 Å². The second kappa shape index (κ2) is 5.48. The molecule has 0 aliphatic carbocycles. The molecule has 1 aliphatic heterocycles. The van der Waals surface area contributed by atoms with E-state index in [4.69, 9.17) is 0 Å². The number of hydrogen-bond donors (Lipinski definition) is 0. The van der Waals surface area contributed by atoms with E-state index in [9.17, 15) is 0 Å². The molecule has 0 radical (unpaired) electrons. The number of nitrogens with zero attached hydrogens (tertiary/aromatic N) is 4. The van der Waals surface area contributed by atoms with Crippen LogP contribution in [0.4, 0.5) is 5.69 Å². The molecule has 0 unspecified atom stereocenters. The van der Waals surface area contributed by atoms with Gasteiger partial charge >= 0.3 is 0 Å². The van der Waals surface area contributed by atoms with Crippen LogP contribution in [0.1, 0.15) is 6.42 Å². The van der Waals surface area contributed by atoms with E-state index >= 15 is 0 Å². The van der Waals surface area contributed by atoms with Crippen LogP contribution in [0.5, 0.6) is 0 Å². The molecule has 1 aliphatic rings. The Morgan fingerprint density at radius 1 is 1.00 bits per heavy atom. The highest BCUT2D eigenvalue weighted by Gasteiger charge is 2.11. The first-order valence-corrected chi connectivity index (χ1v) is 7.39. The van der Waals surface area contributed by atoms with E-state index in [1.54, 1.807) is 6.20 Å². The van der Waals surface area contributed by atoms with E-state index in [0.29, 0.717) is 0 Å². The maximum absolute atomic E-state index is 4.41. The van der Waals surface area contributed by atoms with Crippen molar-refractivity contribution >= 4 is 11.9 Å². The smallest absolute Gasteiger partial charge is 0.0991 e.